The van der Waals surface area contributed by atoms with Crippen molar-refractivity contribution in [3.8, 4) is 0 Å². The molecule has 1 amide bonds. The fourth-order valence-corrected chi connectivity index (χ4v) is 4.73. The van der Waals surface area contributed by atoms with E-state index in [1.54, 1.807) is 12.1 Å². The van der Waals surface area contributed by atoms with Crippen molar-refractivity contribution in [1.82, 2.24) is 4.72 Å². The topological polar surface area (TPSA) is 89.3 Å². The second-order valence-electron chi connectivity index (χ2n) is 6.45. The van der Waals surface area contributed by atoms with Crippen molar-refractivity contribution in [2.45, 2.75) is 30.6 Å². The zero-order valence-electron chi connectivity index (χ0n) is 13.4. The molecule has 2 aromatic carbocycles. The standard InChI is InChI=1S/C18H22N2O3S/c19-18(21)15-10-8-13(9-11-15)12-20-24(22,23)17-7-3-5-14-4-1-2-6-16(14)17/h1-7,13,15,20H,8-12H2,(H2,19,21)/t13-,15-. The summed E-state index contributed by atoms with van der Waals surface area (Å²) in [5, 5.41) is 1.63. The van der Waals surface area contributed by atoms with Gasteiger partial charge in [-0.1, -0.05) is 36.4 Å². The van der Waals surface area contributed by atoms with Gasteiger partial charge < -0.3 is 5.73 Å². The second-order valence-corrected chi connectivity index (χ2v) is 8.18. The molecule has 1 aliphatic carbocycles. The fraction of sp³-hybridized carbons (Fsp3) is 0.389. The van der Waals surface area contributed by atoms with Crippen LogP contribution in [0.1, 0.15) is 25.7 Å². The second kappa shape index (κ2) is 6.91. The van der Waals surface area contributed by atoms with E-state index < -0.39 is 10.0 Å². The lowest BCUT2D eigenvalue weighted by atomic mass is 9.82. The largest absolute Gasteiger partial charge is 0.369 e. The number of carbonyl (C=O) groups is 1. The third-order valence-electron chi connectivity index (χ3n) is 4.85. The quantitative estimate of drug-likeness (QED) is 0.871. The summed E-state index contributed by atoms with van der Waals surface area (Å²) in [6.45, 7) is 0.400. The van der Waals surface area contributed by atoms with Gasteiger partial charge in [0.2, 0.25) is 15.9 Å². The van der Waals surface area contributed by atoms with Gasteiger partial charge in [-0.25, -0.2) is 13.1 Å². The van der Waals surface area contributed by atoms with Crippen LogP contribution in [-0.4, -0.2) is 20.9 Å². The normalized spacial score (nSPS) is 21.7. The molecule has 0 unspecified atom stereocenters. The van der Waals surface area contributed by atoms with E-state index >= 15 is 0 Å². The first-order valence-electron chi connectivity index (χ1n) is 8.24. The van der Waals surface area contributed by atoms with Crippen LogP contribution < -0.4 is 10.5 Å². The molecule has 1 aliphatic rings. The molecule has 5 nitrogen and oxygen atoms in total. The predicted molar refractivity (Wildman–Crippen MR) is 93.8 cm³/mol. The molecule has 6 heteroatoms. The van der Waals surface area contributed by atoms with Crippen LogP contribution in [0.25, 0.3) is 10.8 Å². The van der Waals surface area contributed by atoms with Gasteiger partial charge in [-0.15, -0.1) is 0 Å². The first kappa shape index (κ1) is 16.9. The number of primary amides is 1. The van der Waals surface area contributed by atoms with E-state index in [4.69, 9.17) is 5.73 Å². The minimum absolute atomic E-state index is 0.0593. The SMILES string of the molecule is NC(=O)[C@H]1CC[C@H](CNS(=O)(=O)c2cccc3ccccc23)CC1. The first-order valence-corrected chi connectivity index (χ1v) is 9.72. The van der Waals surface area contributed by atoms with Crippen molar-refractivity contribution in [3.05, 3.63) is 42.5 Å². The summed E-state index contributed by atoms with van der Waals surface area (Å²) in [5.74, 6) is -0.0499. The summed E-state index contributed by atoms with van der Waals surface area (Å²) in [7, 11) is -3.56. The van der Waals surface area contributed by atoms with Crippen LogP contribution in [-0.2, 0) is 14.8 Å². The maximum absolute atomic E-state index is 12.7. The molecule has 3 rings (SSSR count). The highest BCUT2D eigenvalue weighted by Gasteiger charge is 2.26. The van der Waals surface area contributed by atoms with Gasteiger partial charge in [0, 0.05) is 17.8 Å². The van der Waals surface area contributed by atoms with E-state index in [1.807, 2.05) is 30.3 Å². The third-order valence-corrected chi connectivity index (χ3v) is 6.33. The highest BCUT2D eigenvalue weighted by Crippen LogP contribution is 2.29. The molecule has 0 saturated heterocycles. The average molecular weight is 346 g/mol. The van der Waals surface area contributed by atoms with Gasteiger partial charge in [0.05, 0.1) is 4.90 Å². The fourth-order valence-electron chi connectivity index (χ4n) is 3.39. The van der Waals surface area contributed by atoms with Crippen LogP contribution in [0.15, 0.2) is 47.4 Å². The zero-order chi connectivity index (χ0) is 17.2. The maximum atomic E-state index is 12.7. The number of carbonyl (C=O) groups excluding carboxylic acids is 1. The Balaban J connectivity index is 1.69. The molecule has 0 bridgehead atoms. The van der Waals surface area contributed by atoms with Crippen LogP contribution in [0.4, 0.5) is 0 Å². The van der Waals surface area contributed by atoms with Crippen molar-refractivity contribution >= 4 is 26.7 Å². The summed E-state index contributed by atoms with van der Waals surface area (Å²) in [5.41, 5.74) is 5.33. The van der Waals surface area contributed by atoms with Gasteiger partial charge in [0.25, 0.3) is 0 Å². The van der Waals surface area contributed by atoms with Gasteiger partial charge in [-0.05, 0) is 43.1 Å². The molecule has 0 aromatic heterocycles. The molecule has 1 fully saturated rings. The summed E-state index contributed by atoms with van der Waals surface area (Å²) < 4.78 is 28.1. The average Bonchev–Trinajstić information content (AvgIpc) is 2.60. The van der Waals surface area contributed by atoms with E-state index in [9.17, 15) is 13.2 Å². The molecule has 0 spiro atoms. The Labute approximate surface area is 142 Å². The molecule has 128 valence electrons. The smallest absolute Gasteiger partial charge is 0.241 e. The lowest BCUT2D eigenvalue weighted by molar-refractivity contribution is -0.122. The summed E-state index contributed by atoms with van der Waals surface area (Å²) >= 11 is 0. The Morgan fingerprint density at radius 2 is 1.71 bits per heavy atom. The van der Waals surface area contributed by atoms with Crippen LogP contribution in [0.3, 0.4) is 0 Å². The van der Waals surface area contributed by atoms with Gasteiger partial charge in [0.1, 0.15) is 0 Å². The van der Waals surface area contributed by atoms with Crippen LogP contribution in [0.2, 0.25) is 0 Å². The Kier molecular flexibility index (Phi) is 4.87. The van der Waals surface area contributed by atoms with E-state index in [0.29, 0.717) is 11.4 Å². The molecule has 24 heavy (non-hydrogen) atoms. The number of nitrogens with two attached hydrogens (primary N) is 1. The number of amides is 1. The van der Waals surface area contributed by atoms with Crippen LogP contribution >= 0.6 is 0 Å². The third kappa shape index (κ3) is 3.60. The monoisotopic (exact) mass is 346 g/mol. The minimum Gasteiger partial charge on any atom is -0.369 e. The zero-order valence-corrected chi connectivity index (χ0v) is 14.3. The van der Waals surface area contributed by atoms with Gasteiger partial charge in [-0.3, -0.25) is 4.79 Å². The Morgan fingerprint density at radius 3 is 2.42 bits per heavy atom. The molecule has 0 aliphatic heterocycles. The van der Waals surface area contributed by atoms with Gasteiger partial charge in [-0.2, -0.15) is 0 Å². The minimum atomic E-state index is -3.56. The molecule has 0 radical (unpaired) electrons. The van der Waals surface area contributed by atoms with Crippen molar-refractivity contribution < 1.29 is 13.2 Å². The van der Waals surface area contributed by atoms with Crippen LogP contribution in [0, 0.1) is 11.8 Å². The lowest BCUT2D eigenvalue weighted by Crippen LogP contribution is -2.34. The molecular formula is C18H22N2O3S. The van der Waals surface area contributed by atoms with E-state index in [-0.39, 0.29) is 17.7 Å². The van der Waals surface area contributed by atoms with Crippen LogP contribution in [0.5, 0.6) is 0 Å². The Bertz CT molecular complexity index is 835. The van der Waals surface area contributed by atoms with E-state index in [1.165, 1.54) is 0 Å². The maximum Gasteiger partial charge on any atom is 0.241 e. The van der Waals surface area contributed by atoms with Crippen molar-refractivity contribution in [3.63, 3.8) is 0 Å². The number of benzene rings is 2. The Morgan fingerprint density at radius 1 is 1.04 bits per heavy atom. The Hall–Kier alpha value is -1.92. The molecule has 0 atom stereocenters. The number of hydrogen-bond acceptors (Lipinski definition) is 3. The summed E-state index contributed by atoms with van der Waals surface area (Å²) in [6, 6.07) is 12.8. The summed E-state index contributed by atoms with van der Waals surface area (Å²) in [6.07, 6.45) is 3.14. The highest BCUT2D eigenvalue weighted by atomic mass is 32.2. The van der Waals surface area contributed by atoms with Crippen molar-refractivity contribution in [2.75, 3.05) is 6.54 Å². The number of hydrogen-bond donors (Lipinski definition) is 2. The molecular weight excluding hydrogens is 324 g/mol. The lowest BCUT2D eigenvalue weighted by Gasteiger charge is -2.26. The first-order chi connectivity index (χ1) is 11.5. The number of fused-ring (bicyclic) bond motifs is 1. The number of rotatable bonds is 5. The van der Waals surface area contributed by atoms with Gasteiger partial charge >= 0.3 is 0 Å². The number of nitrogens with one attached hydrogen (secondary N) is 1. The number of sulfonamides is 1. The molecule has 2 aromatic rings. The van der Waals surface area contributed by atoms with E-state index in [2.05, 4.69) is 4.72 Å². The van der Waals surface area contributed by atoms with Crippen molar-refractivity contribution in [2.24, 2.45) is 17.6 Å². The van der Waals surface area contributed by atoms with Gasteiger partial charge in [0.15, 0.2) is 0 Å². The highest BCUT2D eigenvalue weighted by molar-refractivity contribution is 7.89. The van der Waals surface area contributed by atoms with E-state index in [0.717, 1.165) is 36.5 Å². The predicted octanol–water partition coefficient (Wildman–Crippen LogP) is 2.41. The molecule has 1 saturated carbocycles. The summed E-state index contributed by atoms with van der Waals surface area (Å²) in [4.78, 5) is 11.5. The molecule has 0 heterocycles. The van der Waals surface area contributed by atoms with Crippen molar-refractivity contribution in [1.29, 1.82) is 0 Å². The molecule has 3 N–H and O–H groups in total.